The van der Waals surface area contributed by atoms with Gasteiger partial charge in [-0.1, -0.05) is 13.8 Å². The zero-order valence-corrected chi connectivity index (χ0v) is 14.2. The van der Waals surface area contributed by atoms with Gasteiger partial charge in [-0.15, -0.1) is 0 Å². The topological polar surface area (TPSA) is 54.9 Å². The molecule has 1 atom stereocenters. The Balaban J connectivity index is 2.06. The second-order valence-corrected chi connectivity index (χ2v) is 5.97. The number of nitrogens with zero attached hydrogens (tertiary/aromatic N) is 1. The number of rotatable bonds is 11. The molecule has 1 aliphatic carbocycles. The minimum absolute atomic E-state index is 0.308. The molecule has 0 aliphatic heterocycles. The summed E-state index contributed by atoms with van der Waals surface area (Å²) in [6, 6.07) is 0. The molecule has 1 saturated carbocycles. The Morgan fingerprint density at radius 1 is 1.24 bits per heavy atom. The van der Waals surface area contributed by atoms with E-state index in [0.717, 1.165) is 51.2 Å². The Morgan fingerprint density at radius 2 is 1.95 bits per heavy atom. The van der Waals surface area contributed by atoms with E-state index < -0.39 is 0 Å². The molecule has 1 unspecified atom stereocenters. The quantitative estimate of drug-likeness (QED) is 0.348. The van der Waals surface area contributed by atoms with Crippen LogP contribution in [0.4, 0.5) is 0 Å². The van der Waals surface area contributed by atoms with E-state index in [9.17, 15) is 0 Å². The minimum atomic E-state index is 0.308. The lowest BCUT2D eigenvalue weighted by molar-refractivity contribution is 0.0258. The van der Waals surface area contributed by atoms with Crippen molar-refractivity contribution in [2.45, 2.75) is 46.1 Å². The summed E-state index contributed by atoms with van der Waals surface area (Å²) in [6.07, 6.45) is 3.98. The Labute approximate surface area is 129 Å². The molecule has 0 aromatic heterocycles. The van der Waals surface area contributed by atoms with Crippen LogP contribution in [0.15, 0.2) is 4.99 Å². The lowest BCUT2D eigenvalue weighted by Crippen LogP contribution is -2.40. The van der Waals surface area contributed by atoms with Crippen molar-refractivity contribution < 1.29 is 9.47 Å². The fraction of sp³-hybridized carbons (Fsp3) is 0.938. The lowest BCUT2D eigenvalue weighted by atomic mass is 10.0. The molecule has 0 spiro atoms. The maximum atomic E-state index is 5.74. The summed E-state index contributed by atoms with van der Waals surface area (Å²) in [4.78, 5) is 4.22. The molecule has 5 nitrogen and oxygen atoms in total. The van der Waals surface area contributed by atoms with Gasteiger partial charge >= 0.3 is 0 Å². The van der Waals surface area contributed by atoms with Gasteiger partial charge in [0, 0.05) is 33.4 Å². The van der Waals surface area contributed by atoms with Crippen LogP contribution in [0, 0.1) is 11.8 Å². The fourth-order valence-electron chi connectivity index (χ4n) is 2.15. The highest BCUT2D eigenvalue weighted by Gasteiger charge is 2.20. The van der Waals surface area contributed by atoms with Crippen molar-refractivity contribution in [3.63, 3.8) is 0 Å². The van der Waals surface area contributed by atoms with E-state index in [-0.39, 0.29) is 0 Å². The number of hydrogen-bond acceptors (Lipinski definition) is 3. The highest BCUT2D eigenvalue weighted by atomic mass is 16.5. The molecule has 0 heterocycles. The number of hydrogen-bond donors (Lipinski definition) is 2. The SMILES string of the molecule is CCOC(CCNC(=NC)NCCOCC1CC1)C(C)C. The molecule has 2 N–H and O–H groups in total. The van der Waals surface area contributed by atoms with Crippen LogP contribution < -0.4 is 10.6 Å². The van der Waals surface area contributed by atoms with Crippen LogP contribution in [0.5, 0.6) is 0 Å². The first-order chi connectivity index (χ1) is 10.2. The van der Waals surface area contributed by atoms with E-state index >= 15 is 0 Å². The van der Waals surface area contributed by atoms with E-state index in [1.54, 1.807) is 7.05 Å². The van der Waals surface area contributed by atoms with E-state index in [4.69, 9.17) is 9.47 Å². The summed E-state index contributed by atoms with van der Waals surface area (Å²) >= 11 is 0. The molecule has 124 valence electrons. The summed E-state index contributed by atoms with van der Waals surface area (Å²) in [5, 5.41) is 6.60. The average molecular weight is 299 g/mol. The highest BCUT2D eigenvalue weighted by molar-refractivity contribution is 5.79. The molecule has 21 heavy (non-hydrogen) atoms. The van der Waals surface area contributed by atoms with E-state index in [1.165, 1.54) is 12.8 Å². The standard InChI is InChI=1S/C16H33N3O2/c1-5-21-15(13(2)3)8-9-18-16(17-4)19-10-11-20-12-14-6-7-14/h13-15H,5-12H2,1-4H3,(H2,17,18,19). The van der Waals surface area contributed by atoms with Gasteiger partial charge in [0.15, 0.2) is 5.96 Å². The van der Waals surface area contributed by atoms with Crippen LogP contribution in [0.3, 0.4) is 0 Å². The van der Waals surface area contributed by atoms with Gasteiger partial charge in [0.05, 0.1) is 12.7 Å². The van der Waals surface area contributed by atoms with Gasteiger partial charge < -0.3 is 20.1 Å². The molecule has 1 aliphatic rings. The monoisotopic (exact) mass is 299 g/mol. The van der Waals surface area contributed by atoms with Crippen molar-refractivity contribution in [3.8, 4) is 0 Å². The predicted octanol–water partition coefficient (Wildman–Crippen LogP) is 2.03. The molecule has 0 radical (unpaired) electrons. The third-order valence-electron chi connectivity index (χ3n) is 3.66. The lowest BCUT2D eigenvalue weighted by Gasteiger charge is -2.21. The average Bonchev–Trinajstić information content (AvgIpc) is 3.27. The summed E-state index contributed by atoms with van der Waals surface area (Å²) in [5.74, 6) is 2.20. The van der Waals surface area contributed by atoms with Crippen LogP contribution >= 0.6 is 0 Å². The Bertz CT molecular complexity index is 291. The first kappa shape index (κ1) is 18.2. The third kappa shape index (κ3) is 8.94. The van der Waals surface area contributed by atoms with Gasteiger partial charge in [-0.25, -0.2) is 0 Å². The summed E-state index contributed by atoms with van der Waals surface area (Å²) in [6.45, 7) is 10.5. The Hall–Kier alpha value is -0.810. The van der Waals surface area contributed by atoms with Gasteiger partial charge in [-0.3, -0.25) is 4.99 Å². The summed E-state index contributed by atoms with van der Waals surface area (Å²) < 4.78 is 11.3. The molecular formula is C16H33N3O2. The maximum absolute atomic E-state index is 5.74. The second kappa shape index (κ2) is 10.9. The normalized spacial score (nSPS) is 17.1. The number of nitrogens with one attached hydrogen (secondary N) is 2. The van der Waals surface area contributed by atoms with Crippen molar-refractivity contribution in [1.29, 1.82) is 0 Å². The smallest absolute Gasteiger partial charge is 0.191 e. The molecule has 0 aromatic rings. The summed E-state index contributed by atoms with van der Waals surface area (Å²) in [5.41, 5.74) is 0. The van der Waals surface area contributed by atoms with Crippen LogP contribution in [0.25, 0.3) is 0 Å². The predicted molar refractivity (Wildman–Crippen MR) is 87.8 cm³/mol. The van der Waals surface area contributed by atoms with Gasteiger partial charge in [0.2, 0.25) is 0 Å². The number of guanidine groups is 1. The molecule has 1 rings (SSSR count). The molecule has 0 amide bonds. The first-order valence-corrected chi connectivity index (χ1v) is 8.31. The molecule has 1 fully saturated rings. The van der Waals surface area contributed by atoms with Crippen LogP contribution in [-0.2, 0) is 9.47 Å². The largest absolute Gasteiger partial charge is 0.379 e. The van der Waals surface area contributed by atoms with Crippen LogP contribution in [0.2, 0.25) is 0 Å². The van der Waals surface area contributed by atoms with Gasteiger partial charge in [-0.05, 0) is 38.0 Å². The molecule has 0 bridgehead atoms. The van der Waals surface area contributed by atoms with Crippen molar-refractivity contribution in [3.05, 3.63) is 0 Å². The third-order valence-corrected chi connectivity index (χ3v) is 3.66. The summed E-state index contributed by atoms with van der Waals surface area (Å²) in [7, 11) is 1.79. The zero-order valence-electron chi connectivity index (χ0n) is 14.2. The Morgan fingerprint density at radius 3 is 2.52 bits per heavy atom. The van der Waals surface area contributed by atoms with Crippen molar-refractivity contribution in [2.24, 2.45) is 16.8 Å². The van der Waals surface area contributed by atoms with E-state index in [0.29, 0.717) is 12.0 Å². The number of ether oxygens (including phenoxy) is 2. The molecule has 0 saturated heterocycles. The molecule has 5 heteroatoms. The zero-order chi connectivity index (χ0) is 15.5. The van der Waals surface area contributed by atoms with Crippen LogP contribution in [-0.4, -0.2) is 52.0 Å². The van der Waals surface area contributed by atoms with Gasteiger partial charge in [-0.2, -0.15) is 0 Å². The van der Waals surface area contributed by atoms with Crippen molar-refractivity contribution >= 4 is 5.96 Å². The second-order valence-electron chi connectivity index (χ2n) is 5.97. The molecular weight excluding hydrogens is 266 g/mol. The number of aliphatic imine (C=N–C) groups is 1. The van der Waals surface area contributed by atoms with Gasteiger partial charge in [0.25, 0.3) is 0 Å². The van der Waals surface area contributed by atoms with E-state index in [2.05, 4.69) is 29.5 Å². The van der Waals surface area contributed by atoms with E-state index in [1.807, 2.05) is 6.92 Å². The van der Waals surface area contributed by atoms with Crippen molar-refractivity contribution in [2.75, 3.05) is 40.0 Å². The maximum Gasteiger partial charge on any atom is 0.191 e. The Kier molecular flexibility index (Phi) is 9.42. The van der Waals surface area contributed by atoms with Gasteiger partial charge in [0.1, 0.15) is 0 Å². The highest BCUT2D eigenvalue weighted by Crippen LogP contribution is 2.28. The molecule has 0 aromatic carbocycles. The van der Waals surface area contributed by atoms with Crippen LogP contribution in [0.1, 0.15) is 40.0 Å². The van der Waals surface area contributed by atoms with Crippen molar-refractivity contribution in [1.82, 2.24) is 10.6 Å². The first-order valence-electron chi connectivity index (χ1n) is 8.31. The minimum Gasteiger partial charge on any atom is -0.379 e. The fourth-order valence-corrected chi connectivity index (χ4v) is 2.15.